The second kappa shape index (κ2) is 5.74. The molecule has 0 saturated heterocycles. The molecule has 0 aromatic carbocycles. The fraction of sp³-hybridized carbons (Fsp3) is 0.188. The first-order valence-electron chi connectivity index (χ1n) is 7.06. The fourth-order valence-corrected chi connectivity index (χ4v) is 3.06. The number of nitrogens with two attached hydrogens (primary N) is 2. The van der Waals surface area contributed by atoms with Crippen LogP contribution in [0.15, 0.2) is 22.6 Å². The van der Waals surface area contributed by atoms with Crippen LogP contribution in [0, 0.1) is 18.3 Å². The van der Waals surface area contributed by atoms with E-state index in [0.29, 0.717) is 33.4 Å². The Labute approximate surface area is 137 Å². The van der Waals surface area contributed by atoms with Gasteiger partial charge in [-0.3, -0.25) is 0 Å². The van der Waals surface area contributed by atoms with Crippen LogP contribution >= 0.6 is 11.3 Å². The molecule has 4 N–H and O–H groups in total. The summed E-state index contributed by atoms with van der Waals surface area (Å²) < 4.78 is 5.77. The molecule has 3 aromatic heterocycles. The van der Waals surface area contributed by atoms with Crippen LogP contribution in [0.5, 0.6) is 0 Å². The average molecular weight is 325 g/mol. The molecule has 0 aliphatic heterocycles. The van der Waals surface area contributed by atoms with Crippen LogP contribution in [0.1, 0.15) is 23.1 Å². The molecular formula is C16H15N5OS. The Kier molecular flexibility index (Phi) is 3.76. The van der Waals surface area contributed by atoms with E-state index >= 15 is 0 Å². The third-order valence-corrected chi connectivity index (χ3v) is 4.29. The minimum Gasteiger partial charge on any atom is -0.461 e. The Morgan fingerprint density at radius 3 is 2.65 bits per heavy atom. The van der Waals surface area contributed by atoms with Crippen molar-refractivity contribution in [2.24, 2.45) is 0 Å². The topological polar surface area (TPSA) is 115 Å². The number of furan rings is 1. The van der Waals surface area contributed by atoms with Gasteiger partial charge >= 0.3 is 0 Å². The zero-order valence-electron chi connectivity index (χ0n) is 12.8. The number of rotatable bonds is 3. The molecule has 6 nitrogen and oxygen atoms in total. The Morgan fingerprint density at radius 2 is 2.09 bits per heavy atom. The molecule has 0 amide bonds. The average Bonchev–Trinajstić information content (AvgIpc) is 3.12. The summed E-state index contributed by atoms with van der Waals surface area (Å²) in [6.07, 6.45) is 0.775. The van der Waals surface area contributed by atoms with Gasteiger partial charge in [0.2, 0.25) is 0 Å². The highest BCUT2D eigenvalue weighted by Gasteiger charge is 2.18. The lowest BCUT2D eigenvalue weighted by molar-refractivity contribution is 0.529. The molecule has 0 bridgehead atoms. The number of aromatic nitrogens is 2. The van der Waals surface area contributed by atoms with Gasteiger partial charge in [-0.25, -0.2) is 9.97 Å². The highest BCUT2D eigenvalue weighted by molar-refractivity contribution is 7.15. The number of anilines is 2. The molecule has 0 spiro atoms. The van der Waals surface area contributed by atoms with E-state index in [1.807, 2.05) is 26.0 Å². The van der Waals surface area contributed by atoms with Crippen LogP contribution in [0.25, 0.3) is 22.7 Å². The number of thiazole rings is 1. The number of pyridine rings is 1. The molecule has 0 atom stereocenters. The van der Waals surface area contributed by atoms with Crippen LogP contribution in [-0.2, 0) is 6.42 Å². The zero-order valence-corrected chi connectivity index (χ0v) is 13.6. The van der Waals surface area contributed by atoms with Gasteiger partial charge < -0.3 is 15.9 Å². The molecule has 3 rings (SSSR count). The molecule has 0 radical (unpaired) electrons. The molecule has 7 heteroatoms. The van der Waals surface area contributed by atoms with Gasteiger partial charge in [0.1, 0.15) is 34.7 Å². The van der Waals surface area contributed by atoms with Crippen molar-refractivity contribution in [2.75, 3.05) is 11.5 Å². The molecule has 0 aliphatic carbocycles. The Morgan fingerprint density at radius 1 is 1.30 bits per heavy atom. The van der Waals surface area contributed by atoms with Crippen molar-refractivity contribution in [1.29, 1.82) is 5.26 Å². The first-order chi connectivity index (χ1) is 11.0. The van der Waals surface area contributed by atoms with E-state index in [2.05, 4.69) is 16.0 Å². The van der Waals surface area contributed by atoms with E-state index in [1.54, 1.807) is 6.07 Å². The van der Waals surface area contributed by atoms with Crippen molar-refractivity contribution in [1.82, 2.24) is 9.97 Å². The van der Waals surface area contributed by atoms with Crippen molar-refractivity contribution in [3.63, 3.8) is 0 Å². The first-order valence-corrected chi connectivity index (χ1v) is 7.88. The summed E-state index contributed by atoms with van der Waals surface area (Å²) in [5.74, 6) is 1.59. The lowest BCUT2D eigenvalue weighted by Crippen LogP contribution is -2.00. The van der Waals surface area contributed by atoms with Crippen LogP contribution in [0.3, 0.4) is 0 Å². The molecule has 116 valence electrons. The first kappa shape index (κ1) is 15.1. The third-order valence-electron chi connectivity index (χ3n) is 3.49. The summed E-state index contributed by atoms with van der Waals surface area (Å²) in [4.78, 5) is 9.54. The van der Waals surface area contributed by atoms with Gasteiger partial charge in [-0.2, -0.15) is 5.26 Å². The minimum atomic E-state index is 0.153. The molecular weight excluding hydrogens is 310 g/mol. The van der Waals surface area contributed by atoms with Crippen molar-refractivity contribution in [3.8, 4) is 28.8 Å². The molecule has 0 saturated carbocycles. The van der Waals surface area contributed by atoms with Crippen LogP contribution in [-0.4, -0.2) is 9.97 Å². The van der Waals surface area contributed by atoms with Gasteiger partial charge in [-0.1, -0.05) is 6.92 Å². The predicted octanol–water partition coefficient (Wildman–Crippen LogP) is 3.37. The third kappa shape index (κ3) is 2.64. The van der Waals surface area contributed by atoms with Gasteiger partial charge in [0, 0.05) is 16.9 Å². The SMILES string of the molecule is CCc1ccc(-c2cc(-c3nc(N)sc3C)nc(N)c2C#N)o1. The van der Waals surface area contributed by atoms with E-state index in [0.717, 1.165) is 17.1 Å². The van der Waals surface area contributed by atoms with Crippen LogP contribution in [0.4, 0.5) is 10.9 Å². The Balaban J connectivity index is 2.22. The summed E-state index contributed by atoms with van der Waals surface area (Å²) in [5.41, 5.74) is 13.9. The standard InChI is InChI=1S/C16H15N5OS/c1-3-9-4-5-13(22-9)10-6-12(20-15(18)11(10)7-17)14-8(2)23-16(19)21-14/h4-6H,3H2,1-2H3,(H2,18,20)(H2,19,21). The van der Waals surface area contributed by atoms with Gasteiger partial charge in [0.25, 0.3) is 0 Å². The van der Waals surface area contributed by atoms with Crippen LogP contribution < -0.4 is 11.5 Å². The second-order valence-electron chi connectivity index (χ2n) is 5.00. The van der Waals surface area contributed by atoms with E-state index < -0.39 is 0 Å². The lowest BCUT2D eigenvalue weighted by atomic mass is 10.1. The van der Waals surface area contributed by atoms with Crippen LogP contribution in [0.2, 0.25) is 0 Å². The fourth-order valence-electron chi connectivity index (χ4n) is 2.37. The Bertz CT molecular complexity index is 919. The van der Waals surface area contributed by atoms with Crippen molar-refractivity contribution >= 4 is 22.3 Å². The largest absolute Gasteiger partial charge is 0.461 e. The molecule has 23 heavy (non-hydrogen) atoms. The van der Waals surface area contributed by atoms with Gasteiger partial charge in [-0.05, 0) is 25.1 Å². The molecule has 3 heterocycles. The molecule has 0 aliphatic rings. The van der Waals surface area contributed by atoms with Gasteiger partial charge in [-0.15, -0.1) is 11.3 Å². The maximum absolute atomic E-state index is 9.40. The summed E-state index contributed by atoms with van der Waals surface area (Å²) in [7, 11) is 0. The monoisotopic (exact) mass is 325 g/mol. The highest BCUT2D eigenvalue weighted by atomic mass is 32.1. The van der Waals surface area contributed by atoms with E-state index in [1.165, 1.54) is 11.3 Å². The maximum atomic E-state index is 9.40. The van der Waals surface area contributed by atoms with E-state index in [9.17, 15) is 5.26 Å². The number of hydrogen-bond donors (Lipinski definition) is 2. The normalized spacial score (nSPS) is 10.7. The van der Waals surface area contributed by atoms with Crippen molar-refractivity contribution < 1.29 is 4.42 Å². The summed E-state index contributed by atoms with van der Waals surface area (Å²) >= 11 is 1.39. The smallest absolute Gasteiger partial charge is 0.180 e. The number of nitrogen functional groups attached to an aromatic ring is 2. The Hall–Kier alpha value is -2.85. The summed E-state index contributed by atoms with van der Waals surface area (Å²) in [5, 5.41) is 9.87. The minimum absolute atomic E-state index is 0.153. The maximum Gasteiger partial charge on any atom is 0.180 e. The molecule has 0 unspecified atom stereocenters. The van der Waals surface area contributed by atoms with Gasteiger partial charge in [0.05, 0.1) is 5.69 Å². The zero-order chi connectivity index (χ0) is 16.6. The highest BCUT2D eigenvalue weighted by Crippen LogP contribution is 2.34. The summed E-state index contributed by atoms with van der Waals surface area (Å²) in [6, 6.07) is 7.59. The number of hydrogen-bond acceptors (Lipinski definition) is 7. The quantitative estimate of drug-likeness (QED) is 0.763. The van der Waals surface area contributed by atoms with E-state index in [-0.39, 0.29) is 5.82 Å². The second-order valence-corrected chi connectivity index (χ2v) is 6.24. The molecule has 3 aromatic rings. The lowest BCUT2D eigenvalue weighted by Gasteiger charge is -2.07. The predicted molar refractivity (Wildman–Crippen MR) is 90.7 cm³/mol. The van der Waals surface area contributed by atoms with Crippen molar-refractivity contribution in [3.05, 3.63) is 34.4 Å². The van der Waals surface area contributed by atoms with E-state index in [4.69, 9.17) is 15.9 Å². The van der Waals surface area contributed by atoms with Crippen molar-refractivity contribution in [2.45, 2.75) is 20.3 Å². The summed E-state index contributed by atoms with van der Waals surface area (Å²) in [6.45, 7) is 3.92. The van der Waals surface area contributed by atoms with Gasteiger partial charge in [0.15, 0.2) is 5.13 Å². The molecule has 0 fully saturated rings. The number of aryl methyl sites for hydroxylation is 2. The number of nitrogens with zero attached hydrogens (tertiary/aromatic N) is 3. The number of nitriles is 1.